The Kier molecular flexibility index (Phi) is 6.97. The van der Waals surface area contributed by atoms with Crippen molar-refractivity contribution in [2.75, 3.05) is 11.9 Å². The van der Waals surface area contributed by atoms with Gasteiger partial charge in [0.1, 0.15) is 10.7 Å². The highest BCUT2D eigenvalue weighted by molar-refractivity contribution is 6.33. The summed E-state index contributed by atoms with van der Waals surface area (Å²) in [7, 11) is 0. The van der Waals surface area contributed by atoms with Crippen LogP contribution in [-0.2, 0) is 11.3 Å². The number of hydrazine groups is 1. The van der Waals surface area contributed by atoms with Crippen molar-refractivity contribution >= 4 is 29.1 Å². The summed E-state index contributed by atoms with van der Waals surface area (Å²) in [4.78, 5) is 24.7. The van der Waals surface area contributed by atoms with Gasteiger partial charge >= 0.3 is 0 Å². The highest BCUT2D eigenvalue weighted by Crippen LogP contribution is 2.21. The van der Waals surface area contributed by atoms with Crippen LogP contribution >= 0.6 is 11.6 Å². The molecular weight excluding hydrogens is 414 g/mol. The lowest BCUT2D eigenvalue weighted by molar-refractivity contribution is -0.120. The molecule has 0 aliphatic rings. The van der Waals surface area contributed by atoms with Gasteiger partial charge in [-0.2, -0.15) is 5.10 Å². The van der Waals surface area contributed by atoms with E-state index in [1.165, 1.54) is 0 Å². The smallest absolute Gasteiger partial charge is 0.274 e. The van der Waals surface area contributed by atoms with Crippen LogP contribution in [0.5, 0.6) is 0 Å². The van der Waals surface area contributed by atoms with E-state index in [1.807, 2.05) is 63.2 Å². The first-order valence-electron chi connectivity index (χ1n) is 9.93. The van der Waals surface area contributed by atoms with Crippen LogP contribution in [0.25, 0.3) is 0 Å². The van der Waals surface area contributed by atoms with Gasteiger partial charge in [-0.3, -0.25) is 20.4 Å². The topological polar surface area (TPSA) is 88.1 Å². The van der Waals surface area contributed by atoms with Crippen molar-refractivity contribution in [1.29, 1.82) is 0 Å². The third-order valence-electron chi connectivity index (χ3n) is 4.88. The molecule has 0 atom stereocenters. The Hall–Kier alpha value is -3.32. The fraction of sp³-hybridized carbons (Fsp3) is 0.261. The van der Waals surface area contributed by atoms with Crippen molar-refractivity contribution in [2.45, 2.75) is 34.2 Å². The average molecular weight is 440 g/mol. The first-order valence-corrected chi connectivity index (χ1v) is 10.3. The molecule has 3 rings (SSSR count). The number of hydrogen-bond acceptors (Lipinski definition) is 4. The first kappa shape index (κ1) is 22.4. The lowest BCUT2D eigenvalue weighted by Gasteiger charge is -2.11. The minimum atomic E-state index is -0.516. The number of halogens is 1. The second-order valence-electron chi connectivity index (χ2n) is 7.57. The van der Waals surface area contributed by atoms with Crippen LogP contribution in [0, 0.1) is 27.7 Å². The summed E-state index contributed by atoms with van der Waals surface area (Å²) in [5, 5.41) is 7.64. The molecule has 0 saturated carbocycles. The molecule has 8 heteroatoms. The van der Waals surface area contributed by atoms with Gasteiger partial charge in [0.05, 0.1) is 18.8 Å². The van der Waals surface area contributed by atoms with Gasteiger partial charge in [0.2, 0.25) is 0 Å². The van der Waals surface area contributed by atoms with Crippen molar-refractivity contribution in [3.63, 3.8) is 0 Å². The van der Waals surface area contributed by atoms with E-state index in [9.17, 15) is 9.59 Å². The summed E-state index contributed by atoms with van der Waals surface area (Å²) in [5.74, 6) is -0.897. The zero-order valence-electron chi connectivity index (χ0n) is 18.0. The van der Waals surface area contributed by atoms with Crippen LogP contribution in [-0.4, -0.2) is 28.1 Å². The maximum atomic E-state index is 12.6. The van der Waals surface area contributed by atoms with Gasteiger partial charge < -0.3 is 5.32 Å². The summed E-state index contributed by atoms with van der Waals surface area (Å²) >= 11 is 6.41. The van der Waals surface area contributed by atoms with Gasteiger partial charge in [-0.1, -0.05) is 59.1 Å². The molecule has 0 spiro atoms. The fourth-order valence-corrected chi connectivity index (χ4v) is 3.52. The molecule has 7 nitrogen and oxygen atoms in total. The van der Waals surface area contributed by atoms with E-state index in [-0.39, 0.29) is 23.2 Å². The number of amides is 2. The van der Waals surface area contributed by atoms with Crippen LogP contribution in [0.2, 0.25) is 5.15 Å². The van der Waals surface area contributed by atoms with Gasteiger partial charge in [-0.15, -0.1) is 0 Å². The van der Waals surface area contributed by atoms with Crippen LogP contribution < -0.4 is 16.2 Å². The third-order valence-corrected chi connectivity index (χ3v) is 5.27. The Morgan fingerprint density at radius 3 is 2.32 bits per heavy atom. The molecule has 2 aromatic carbocycles. The second kappa shape index (κ2) is 9.66. The van der Waals surface area contributed by atoms with Crippen molar-refractivity contribution < 1.29 is 9.59 Å². The summed E-state index contributed by atoms with van der Waals surface area (Å²) < 4.78 is 1.57. The Morgan fingerprint density at radius 2 is 1.65 bits per heavy atom. The minimum Gasteiger partial charge on any atom is -0.376 e. The predicted molar refractivity (Wildman–Crippen MR) is 122 cm³/mol. The summed E-state index contributed by atoms with van der Waals surface area (Å²) in [6.07, 6.45) is 0. The number of aryl methyl sites for hydroxylation is 4. The van der Waals surface area contributed by atoms with Gasteiger partial charge in [0.15, 0.2) is 0 Å². The molecule has 0 unspecified atom stereocenters. The molecule has 0 saturated heterocycles. The number of rotatable bonds is 6. The normalized spacial score (nSPS) is 10.6. The molecule has 0 aliphatic carbocycles. The number of aromatic nitrogens is 2. The van der Waals surface area contributed by atoms with Gasteiger partial charge in [-0.05, 0) is 44.9 Å². The number of anilines is 1. The number of hydrogen-bond donors (Lipinski definition) is 3. The summed E-state index contributed by atoms with van der Waals surface area (Å²) in [5.41, 5.74) is 10.8. The maximum Gasteiger partial charge on any atom is 0.274 e. The molecule has 1 aromatic heterocycles. The number of carbonyl (C=O) groups excluding carboxylic acids is 2. The number of benzene rings is 2. The SMILES string of the molecule is Cc1ccc(Cn2nc(C)c(C(=O)NNC(=O)CNc3ccc(C)cc3C)c2Cl)cc1. The Bertz CT molecular complexity index is 1110. The number of carbonyl (C=O) groups is 2. The maximum absolute atomic E-state index is 12.6. The molecule has 3 aromatic rings. The molecule has 3 N–H and O–H groups in total. The Balaban J connectivity index is 1.58. The molecule has 0 radical (unpaired) electrons. The summed E-state index contributed by atoms with van der Waals surface area (Å²) in [6, 6.07) is 13.9. The van der Waals surface area contributed by atoms with E-state index in [1.54, 1.807) is 11.6 Å². The molecule has 1 heterocycles. The second-order valence-corrected chi connectivity index (χ2v) is 7.93. The minimum absolute atomic E-state index is 0.0174. The predicted octanol–water partition coefficient (Wildman–Crippen LogP) is 3.69. The number of nitrogens with zero attached hydrogens (tertiary/aromatic N) is 2. The van der Waals surface area contributed by atoms with Crippen LogP contribution in [0.3, 0.4) is 0 Å². The standard InChI is InChI=1S/C23H26ClN5O2/c1-14-5-8-18(9-6-14)13-29-22(24)21(17(4)28-29)23(31)27-26-20(30)12-25-19-10-7-15(2)11-16(19)3/h5-11,25H,12-13H2,1-4H3,(H,26,30)(H,27,31). The van der Waals surface area contributed by atoms with Crippen LogP contribution in [0.15, 0.2) is 42.5 Å². The lowest BCUT2D eigenvalue weighted by Crippen LogP contribution is -2.44. The van der Waals surface area contributed by atoms with Crippen LogP contribution in [0.1, 0.15) is 38.3 Å². The molecule has 162 valence electrons. The van der Waals surface area contributed by atoms with Gasteiger partial charge in [0, 0.05) is 5.69 Å². The zero-order valence-corrected chi connectivity index (χ0v) is 18.8. The molecular formula is C23H26ClN5O2. The summed E-state index contributed by atoms with van der Waals surface area (Å²) in [6.45, 7) is 8.16. The third kappa shape index (κ3) is 5.64. The number of nitrogens with one attached hydrogen (secondary N) is 3. The largest absolute Gasteiger partial charge is 0.376 e. The van der Waals surface area contributed by atoms with Gasteiger partial charge in [-0.25, -0.2) is 4.68 Å². The van der Waals surface area contributed by atoms with E-state index in [0.717, 1.165) is 27.9 Å². The van der Waals surface area contributed by atoms with Gasteiger partial charge in [0.25, 0.3) is 11.8 Å². The lowest BCUT2D eigenvalue weighted by atomic mass is 10.1. The Morgan fingerprint density at radius 1 is 0.968 bits per heavy atom. The molecule has 0 fully saturated rings. The quantitative estimate of drug-likeness (QED) is 0.511. The van der Waals surface area contributed by atoms with E-state index < -0.39 is 5.91 Å². The zero-order chi connectivity index (χ0) is 22.5. The van der Waals surface area contributed by atoms with E-state index >= 15 is 0 Å². The van der Waals surface area contributed by atoms with E-state index in [2.05, 4.69) is 21.3 Å². The van der Waals surface area contributed by atoms with Crippen molar-refractivity contribution in [2.24, 2.45) is 0 Å². The molecule has 0 bridgehead atoms. The van der Waals surface area contributed by atoms with E-state index in [0.29, 0.717) is 12.2 Å². The monoisotopic (exact) mass is 439 g/mol. The van der Waals surface area contributed by atoms with Crippen molar-refractivity contribution in [1.82, 2.24) is 20.6 Å². The van der Waals surface area contributed by atoms with Crippen LogP contribution in [0.4, 0.5) is 5.69 Å². The highest BCUT2D eigenvalue weighted by atomic mass is 35.5. The molecule has 0 aliphatic heterocycles. The highest BCUT2D eigenvalue weighted by Gasteiger charge is 2.21. The molecule has 2 amide bonds. The first-order chi connectivity index (χ1) is 14.7. The van der Waals surface area contributed by atoms with E-state index in [4.69, 9.17) is 11.6 Å². The molecule has 31 heavy (non-hydrogen) atoms. The van der Waals surface area contributed by atoms with Crippen molar-refractivity contribution in [3.8, 4) is 0 Å². The Labute approximate surface area is 186 Å². The fourth-order valence-electron chi connectivity index (χ4n) is 3.20. The van der Waals surface area contributed by atoms with Crippen molar-refractivity contribution in [3.05, 3.63) is 81.1 Å². The average Bonchev–Trinajstić information content (AvgIpc) is 3.00.